The van der Waals surface area contributed by atoms with Gasteiger partial charge in [-0.3, -0.25) is 24.0 Å². The summed E-state index contributed by atoms with van der Waals surface area (Å²) < 4.78 is 5.56. The molecule has 3 rings (SSSR count). The van der Waals surface area contributed by atoms with E-state index in [9.17, 15) is 33.9 Å². The average Bonchev–Trinajstić information content (AvgIpc) is 3.69. The number of nitrogens with one attached hydrogen (secondary N) is 4. The van der Waals surface area contributed by atoms with Crippen LogP contribution in [0.5, 0.6) is 0 Å². The van der Waals surface area contributed by atoms with Gasteiger partial charge < -0.3 is 36.0 Å². The van der Waals surface area contributed by atoms with Gasteiger partial charge in [-0.1, -0.05) is 57.0 Å². The summed E-state index contributed by atoms with van der Waals surface area (Å²) in [7, 11) is 0. The predicted molar refractivity (Wildman–Crippen MR) is 183 cm³/mol. The van der Waals surface area contributed by atoms with E-state index in [1.54, 1.807) is 34.6 Å². The highest BCUT2D eigenvalue weighted by atomic mass is 16.6. The second kappa shape index (κ2) is 15.7. The topological polar surface area (TPSA) is 183 Å². The molecule has 3 unspecified atom stereocenters. The average molecular weight is 686 g/mol. The summed E-state index contributed by atoms with van der Waals surface area (Å²) in [5.74, 6) is -3.74. The minimum atomic E-state index is -1.68. The molecule has 1 saturated heterocycles. The van der Waals surface area contributed by atoms with E-state index in [1.165, 1.54) is 18.7 Å². The smallest absolute Gasteiger partial charge is 0.326 e. The number of hydrogen-bond donors (Lipinski definition) is 5. The Labute approximate surface area is 289 Å². The monoisotopic (exact) mass is 685 g/mol. The summed E-state index contributed by atoms with van der Waals surface area (Å²) in [5.41, 5.74) is -2.49. The van der Waals surface area contributed by atoms with Crippen LogP contribution in [-0.2, 0) is 34.3 Å². The van der Waals surface area contributed by atoms with Crippen molar-refractivity contribution in [1.82, 2.24) is 26.2 Å². The molecule has 13 heteroatoms. The molecule has 0 spiro atoms. The fourth-order valence-corrected chi connectivity index (χ4v) is 5.86. The molecule has 1 aliphatic carbocycles. The first-order chi connectivity index (χ1) is 22.6. The number of esters is 1. The van der Waals surface area contributed by atoms with Crippen LogP contribution >= 0.6 is 0 Å². The van der Waals surface area contributed by atoms with Crippen molar-refractivity contribution in [3.05, 3.63) is 35.9 Å². The molecule has 2 aliphatic rings. The van der Waals surface area contributed by atoms with Gasteiger partial charge in [0, 0.05) is 12.1 Å². The van der Waals surface area contributed by atoms with E-state index in [1.807, 2.05) is 44.2 Å². The number of carbonyl (C=O) groups excluding carboxylic acids is 6. The first-order valence-corrected chi connectivity index (χ1v) is 17.1. The maximum Gasteiger partial charge on any atom is 0.326 e. The van der Waals surface area contributed by atoms with Crippen LogP contribution < -0.4 is 21.3 Å². The number of rotatable bonds is 14. The predicted octanol–water partition coefficient (Wildman–Crippen LogP) is 2.55. The third kappa shape index (κ3) is 11.5. The fraction of sp³-hybridized carbons (Fsp3) is 0.667. The molecule has 4 atom stereocenters. The van der Waals surface area contributed by atoms with Crippen LogP contribution in [0.1, 0.15) is 93.6 Å². The lowest BCUT2D eigenvalue weighted by molar-refractivity contribution is -0.157. The molecule has 272 valence electrons. The van der Waals surface area contributed by atoms with E-state index in [-0.39, 0.29) is 30.7 Å². The van der Waals surface area contributed by atoms with E-state index in [4.69, 9.17) is 4.74 Å². The molecule has 0 bridgehead atoms. The molecule has 1 aromatic rings. The van der Waals surface area contributed by atoms with Gasteiger partial charge in [0.15, 0.2) is 0 Å². The van der Waals surface area contributed by atoms with Crippen LogP contribution in [0.3, 0.4) is 0 Å². The van der Waals surface area contributed by atoms with Crippen LogP contribution in [0, 0.1) is 17.8 Å². The number of aliphatic hydroxyl groups is 1. The summed E-state index contributed by atoms with van der Waals surface area (Å²) in [5, 5.41) is 21.3. The van der Waals surface area contributed by atoms with Gasteiger partial charge in [-0.2, -0.15) is 0 Å². The van der Waals surface area contributed by atoms with Crippen LogP contribution in [0.15, 0.2) is 30.3 Å². The van der Waals surface area contributed by atoms with Gasteiger partial charge in [-0.05, 0) is 84.6 Å². The molecule has 2 fully saturated rings. The number of carbonyl (C=O) groups is 6. The lowest BCUT2D eigenvalue weighted by Crippen LogP contribution is -2.63. The molecule has 0 aromatic heterocycles. The van der Waals surface area contributed by atoms with Crippen molar-refractivity contribution in [2.24, 2.45) is 17.8 Å². The minimum Gasteiger partial charge on any atom is -0.453 e. The van der Waals surface area contributed by atoms with Crippen molar-refractivity contribution >= 4 is 35.5 Å². The SMILES string of the molecule is CC(C)[C@@H]1CC(C(=O)NC(CC2CC2)C(=O)C(=O)NCC(=O)OC(C)(C)c2ccccc2)N(C(=O)C(NC(=O)NC(C)(C)C)C(C)(C)O)C1. The highest BCUT2D eigenvalue weighted by Gasteiger charge is 2.47. The van der Waals surface area contributed by atoms with Crippen LogP contribution in [0.2, 0.25) is 0 Å². The van der Waals surface area contributed by atoms with Crippen molar-refractivity contribution in [3.63, 3.8) is 0 Å². The van der Waals surface area contributed by atoms with E-state index >= 15 is 0 Å². The normalized spacial score (nSPS) is 19.4. The quantitative estimate of drug-likeness (QED) is 0.146. The Bertz CT molecular complexity index is 1380. The van der Waals surface area contributed by atoms with Gasteiger partial charge in [-0.25, -0.2) is 4.79 Å². The Hall–Kier alpha value is -4.00. The molecule has 1 aromatic carbocycles. The number of amides is 5. The summed E-state index contributed by atoms with van der Waals surface area (Å²) in [6.45, 7) is 15.2. The Kier molecular flexibility index (Phi) is 12.6. The Morgan fingerprint density at radius 1 is 0.939 bits per heavy atom. The molecule has 5 amide bonds. The standard InChI is InChI=1S/C36H55N5O8/c1-21(2)23-18-26(41(20-23)32(46)29(35(6,7)48)39-33(47)40-34(3,4)5)30(44)38-25(17-22-15-16-22)28(43)31(45)37-19-27(42)49-36(8,9)24-13-11-10-12-14-24/h10-14,21-23,25-26,29,48H,15-20H2,1-9H3,(H,37,45)(H,38,44)(H2,39,40,47)/t23-,25?,26?,29?/m1/s1. The molecule has 49 heavy (non-hydrogen) atoms. The number of likely N-dealkylation sites (tertiary alicyclic amines) is 1. The minimum absolute atomic E-state index is 0.0717. The first kappa shape index (κ1) is 39.4. The zero-order chi connectivity index (χ0) is 36.9. The second-order valence-corrected chi connectivity index (χ2v) is 15.8. The molecule has 1 saturated carbocycles. The number of benzene rings is 1. The van der Waals surface area contributed by atoms with E-state index in [2.05, 4.69) is 21.3 Å². The number of urea groups is 1. The summed E-state index contributed by atoms with van der Waals surface area (Å²) in [6.07, 6.45) is 2.22. The largest absolute Gasteiger partial charge is 0.453 e. The highest BCUT2D eigenvalue weighted by molar-refractivity contribution is 6.38. The Morgan fingerprint density at radius 2 is 1.55 bits per heavy atom. The maximum atomic E-state index is 14.0. The Morgan fingerprint density at radius 3 is 2.08 bits per heavy atom. The molecule has 13 nitrogen and oxygen atoms in total. The van der Waals surface area contributed by atoms with Gasteiger partial charge in [-0.15, -0.1) is 0 Å². The van der Waals surface area contributed by atoms with E-state index in [0.717, 1.165) is 18.4 Å². The van der Waals surface area contributed by atoms with Crippen LogP contribution in [0.4, 0.5) is 4.79 Å². The van der Waals surface area contributed by atoms with Gasteiger partial charge in [0.2, 0.25) is 17.6 Å². The van der Waals surface area contributed by atoms with Crippen molar-refractivity contribution in [1.29, 1.82) is 0 Å². The number of hydrogen-bond acceptors (Lipinski definition) is 8. The molecule has 5 N–H and O–H groups in total. The van der Waals surface area contributed by atoms with Gasteiger partial charge >= 0.3 is 12.0 Å². The molecular formula is C36H55N5O8. The van der Waals surface area contributed by atoms with Crippen molar-refractivity contribution in [2.45, 2.75) is 123 Å². The zero-order valence-corrected chi connectivity index (χ0v) is 30.3. The number of nitrogens with zero attached hydrogens (tertiary/aromatic N) is 1. The lowest BCUT2D eigenvalue weighted by atomic mass is 9.93. The maximum absolute atomic E-state index is 14.0. The lowest BCUT2D eigenvalue weighted by Gasteiger charge is -2.35. The van der Waals surface area contributed by atoms with Crippen molar-refractivity contribution in [3.8, 4) is 0 Å². The van der Waals surface area contributed by atoms with Crippen LogP contribution in [-0.4, -0.2) is 87.9 Å². The Balaban J connectivity index is 1.73. The van der Waals surface area contributed by atoms with Crippen molar-refractivity contribution in [2.75, 3.05) is 13.1 Å². The van der Waals surface area contributed by atoms with Crippen LogP contribution in [0.25, 0.3) is 0 Å². The number of Topliss-reactive ketones (excluding diaryl/α,β-unsaturated/α-hetero) is 1. The number of ketones is 1. The van der Waals surface area contributed by atoms with E-state index in [0.29, 0.717) is 6.42 Å². The zero-order valence-electron chi connectivity index (χ0n) is 30.3. The first-order valence-electron chi connectivity index (χ1n) is 17.1. The summed E-state index contributed by atoms with van der Waals surface area (Å²) in [4.78, 5) is 81.0. The second-order valence-electron chi connectivity index (χ2n) is 15.8. The molecular weight excluding hydrogens is 630 g/mol. The highest BCUT2D eigenvalue weighted by Crippen LogP contribution is 2.35. The van der Waals surface area contributed by atoms with Gasteiger partial charge in [0.05, 0.1) is 11.6 Å². The van der Waals surface area contributed by atoms with Gasteiger partial charge in [0.25, 0.3) is 5.91 Å². The third-order valence-electron chi connectivity index (χ3n) is 8.93. The number of ether oxygens (including phenoxy) is 1. The van der Waals surface area contributed by atoms with Crippen molar-refractivity contribution < 1.29 is 38.6 Å². The summed E-state index contributed by atoms with van der Waals surface area (Å²) >= 11 is 0. The van der Waals surface area contributed by atoms with E-state index < -0.39 is 76.9 Å². The molecule has 1 heterocycles. The molecule has 1 aliphatic heterocycles. The molecule has 0 radical (unpaired) electrons. The fourth-order valence-electron chi connectivity index (χ4n) is 5.86. The third-order valence-corrected chi connectivity index (χ3v) is 8.93. The van der Waals surface area contributed by atoms with Gasteiger partial charge in [0.1, 0.15) is 24.2 Å². The summed E-state index contributed by atoms with van der Waals surface area (Å²) in [6, 6.07) is 4.89.